The third-order valence-corrected chi connectivity index (χ3v) is 3.66. The van der Waals surface area contributed by atoms with Crippen LogP contribution < -0.4 is 4.74 Å². The SMILES string of the molecule is CCCn1ncnc1COc1ccc2c(c1)CC[C@@H]2O. The van der Waals surface area contributed by atoms with Crippen LogP contribution in [0.25, 0.3) is 0 Å². The summed E-state index contributed by atoms with van der Waals surface area (Å²) < 4.78 is 7.67. The maximum atomic E-state index is 9.79. The molecule has 0 bridgehead atoms. The molecule has 0 spiro atoms. The van der Waals surface area contributed by atoms with Gasteiger partial charge in [0.15, 0.2) is 5.82 Å². The van der Waals surface area contributed by atoms with E-state index in [0.29, 0.717) is 6.61 Å². The van der Waals surface area contributed by atoms with Crippen LogP contribution >= 0.6 is 0 Å². The van der Waals surface area contributed by atoms with Gasteiger partial charge in [-0.3, -0.25) is 0 Å². The van der Waals surface area contributed by atoms with E-state index in [0.717, 1.165) is 42.9 Å². The fourth-order valence-corrected chi connectivity index (χ4v) is 2.61. The Morgan fingerprint density at radius 3 is 3.20 bits per heavy atom. The van der Waals surface area contributed by atoms with Crippen LogP contribution in [-0.2, 0) is 19.6 Å². The second-order valence-electron chi connectivity index (χ2n) is 5.10. The van der Waals surface area contributed by atoms with Gasteiger partial charge in [-0.25, -0.2) is 9.67 Å². The summed E-state index contributed by atoms with van der Waals surface area (Å²) in [5.74, 6) is 1.66. The van der Waals surface area contributed by atoms with Crippen molar-refractivity contribution in [2.75, 3.05) is 0 Å². The van der Waals surface area contributed by atoms with Gasteiger partial charge in [-0.1, -0.05) is 13.0 Å². The van der Waals surface area contributed by atoms with Gasteiger partial charge in [0.05, 0.1) is 6.10 Å². The molecule has 2 aromatic rings. The van der Waals surface area contributed by atoms with Crippen LogP contribution in [0.1, 0.15) is 42.8 Å². The van der Waals surface area contributed by atoms with Gasteiger partial charge in [0.2, 0.25) is 0 Å². The number of fused-ring (bicyclic) bond motifs is 1. The first-order valence-electron chi connectivity index (χ1n) is 7.08. The second kappa shape index (κ2) is 5.63. The van der Waals surface area contributed by atoms with Gasteiger partial charge in [-0.05, 0) is 42.5 Å². The quantitative estimate of drug-likeness (QED) is 0.907. The maximum Gasteiger partial charge on any atom is 0.164 e. The monoisotopic (exact) mass is 273 g/mol. The number of hydrogen-bond donors (Lipinski definition) is 1. The number of ether oxygens (including phenoxy) is 1. The molecule has 5 heteroatoms. The summed E-state index contributed by atoms with van der Waals surface area (Å²) in [7, 11) is 0. The van der Waals surface area contributed by atoms with Gasteiger partial charge < -0.3 is 9.84 Å². The van der Waals surface area contributed by atoms with E-state index in [4.69, 9.17) is 4.74 Å². The summed E-state index contributed by atoms with van der Waals surface area (Å²) in [5, 5.41) is 14.0. The molecule has 0 saturated heterocycles. The molecule has 1 heterocycles. The van der Waals surface area contributed by atoms with Gasteiger partial charge in [-0.2, -0.15) is 5.10 Å². The van der Waals surface area contributed by atoms with Crippen LogP contribution in [0.4, 0.5) is 0 Å². The fraction of sp³-hybridized carbons (Fsp3) is 0.467. The Kier molecular flexibility index (Phi) is 3.69. The lowest BCUT2D eigenvalue weighted by atomic mass is 10.1. The Morgan fingerprint density at radius 1 is 1.45 bits per heavy atom. The zero-order chi connectivity index (χ0) is 13.9. The summed E-state index contributed by atoms with van der Waals surface area (Å²) in [6.45, 7) is 3.38. The first-order chi connectivity index (χ1) is 9.78. The van der Waals surface area contributed by atoms with Gasteiger partial charge in [0.1, 0.15) is 18.7 Å². The van der Waals surface area contributed by atoms with E-state index >= 15 is 0 Å². The predicted octanol–water partition coefficient (Wildman–Crippen LogP) is 2.25. The molecule has 1 aliphatic carbocycles. The highest BCUT2D eigenvalue weighted by Crippen LogP contribution is 2.33. The van der Waals surface area contributed by atoms with Crippen LogP contribution in [-0.4, -0.2) is 19.9 Å². The molecule has 5 nitrogen and oxygen atoms in total. The molecule has 1 aromatic heterocycles. The zero-order valence-corrected chi connectivity index (χ0v) is 11.6. The van der Waals surface area contributed by atoms with E-state index in [-0.39, 0.29) is 6.10 Å². The van der Waals surface area contributed by atoms with Crippen molar-refractivity contribution in [2.45, 2.75) is 45.4 Å². The van der Waals surface area contributed by atoms with E-state index in [1.54, 1.807) is 6.33 Å². The number of benzene rings is 1. The largest absolute Gasteiger partial charge is 0.486 e. The van der Waals surface area contributed by atoms with E-state index in [1.165, 1.54) is 5.56 Å². The van der Waals surface area contributed by atoms with Crippen LogP contribution in [0.2, 0.25) is 0 Å². The molecule has 1 aliphatic rings. The smallest absolute Gasteiger partial charge is 0.164 e. The second-order valence-corrected chi connectivity index (χ2v) is 5.10. The summed E-state index contributed by atoms with van der Waals surface area (Å²) in [6, 6.07) is 5.89. The van der Waals surface area contributed by atoms with Crippen LogP contribution in [0.15, 0.2) is 24.5 Å². The summed E-state index contributed by atoms with van der Waals surface area (Å²) in [4.78, 5) is 4.22. The van der Waals surface area contributed by atoms with Crippen molar-refractivity contribution >= 4 is 0 Å². The van der Waals surface area contributed by atoms with E-state index in [9.17, 15) is 5.11 Å². The molecule has 3 rings (SSSR count). The summed E-state index contributed by atoms with van der Waals surface area (Å²) in [6.07, 6.45) is 4.00. The Bertz CT molecular complexity index is 595. The zero-order valence-electron chi connectivity index (χ0n) is 11.6. The average Bonchev–Trinajstić information content (AvgIpc) is 3.04. The van der Waals surface area contributed by atoms with Crippen molar-refractivity contribution in [1.29, 1.82) is 0 Å². The molecule has 1 atom stereocenters. The summed E-state index contributed by atoms with van der Waals surface area (Å²) in [5.41, 5.74) is 2.22. The van der Waals surface area contributed by atoms with Crippen molar-refractivity contribution in [1.82, 2.24) is 14.8 Å². The topological polar surface area (TPSA) is 60.2 Å². The number of rotatable bonds is 5. The molecule has 0 radical (unpaired) electrons. The lowest BCUT2D eigenvalue weighted by molar-refractivity contribution is 0.180. The number of aliphatic hydroxyl groups is 1. The van der Waals surface area contributed by atoms with Gasteiger partial charge in [-0.15, -0.1) is 0 Å². The first kappa shape index (κ1) is 13.1. The highest BCUT2D eigenvalue weighted by molar-refractivity contribution is 5.39. The fourth-order valence-electron chi connectivity index (χ4n) is 2.61. The van der Waals surface area contributed by atoms with Crippen molar-refractivity contribution in [3.8, 4) is 5.75 Å². The van der Waals surface area contributed by atoms with Crippen molar-refractivity contribution in [3.63, 3.8) is 0 Å². The number of aryl methyl sites for hydroxylation is 2. The molecular formula is C15H19N3O2. The Hall–Kier alpha value is -1.88. The molecule has 20 heavy (non-hydrogen) atoms. The van der Waals surface area contributed by atoms with E-state index in [2.05, 4.69) is 17.0 Å². The first-order valence-corrected chi connectivity index (χ1v) is 7.08. The molecule has 0 fully saturated rings. The highest BCUT2D eigenvalue weighted by atomic mass is 16.5. The standard InChI is InChI=1S/C15H19N3O2/c1-2-7-18-15(16-10-17-18)9-20-12-4-5-13-11(8-12)3-6-14(13)19/h4-5,8,10,14,19H,2-3,6-7,9H2,1H3/t14-/m0/s1. The third-order valence-electron chi connectivity index (χ3n) is 3.66. The van der Waals surface area contributed by atoms with Gasteiger partial charge in [0.25, 0.3) is 0 Å². The van der Waals surface area contributed by atoms with Gasteiger partial charge in [0, 0.05) is 6.54 Å². The Morgan fingerprint density at radius 2 is 2.35 bits per heavy atom. The Balaban J connectivity index is 1.68. The minimum absolute atomic E-state index is 0.313. The lowest BCUT2D eigenvalue weighted by Crippen LogP contribution is -2.08. The van der Waals surface area contributed by atoms with E-state index in [1.807, 2.05) is 22.9 Å². The molecule has 0 amide bonds. The van der Waals surface area contributed by atoms with Crippen molar-refractivity contribution in [2.24, 2.45) is 0 Å². The third kappa shape index (κ3) is 2.54. The highest BCUT2D eigenvalue weighted by Gasteiger charge is 2.20. The molecule has 0 aliphatic heterocycles. The predicted molar refractivity (Wildman–Crippen MR) is 74.4 cm³/mol. The minimum Gasteiger partial charge on any atom is -0.486 e. The normalized spacial score (nSPS) is 17.2. The van der Waals surface area contributed by atoms with Crippen molar-refractivity contribution < 1.29 is 9.84 Å². The molecular weight excluding hydrogens is 254 g/mol. The van der Waals surface area contributed by atoms with Crippen molar-refractivity contribution in [3.05, 3.63) is 41.5 Å². The molecule has 1 aromatic carbocycles. The van der Waals surface area contributed by atoms with E-state index < -0.39 is 0 Å². The van der Waals surface area contributed by atoms with Crippen LogP contribution in [0, 0.1) is 0 Å². The van der Waals surface area contributed by atoms with Crippen LogP contribution in [0.3, 0.4) is 0 Å². The number of nitrogens with zero attached hydrogens (tertiary/aromatic N) is 3. The molecule has 0 unspecified atom stereocenters. The molecule has 0 saturated carbocycles. The number of aromatic nitrogens is 3. The number of hydrogen-bond acceptors (Lipinski definition) is 4. The van der Waals surface area contributed by atoms with Crippen LogP contribution in [0.5, 0.6) is 5.75 Å². The lowest BCUT2D eigenvalue weighted by Gasteiger charge is -2.09. The number of aliphatic hydroxyl groups excluding tert-OH is 1. The molecule has 1 N–H and O–H groups in total. The minimum atomic E-state index is -0.313. The molecule has 106 valence electrons. The average molecular weight is 273 g/mol. The maximum absolute atomic E-state index is 9.79. The Labute approximate surface area is 118 Å². The summed E-state index contributed by atoms with van der Waals surface area (Å²) >= 11 is 0. The van der Waals surface area contributed by atoms with Gasteiger partial charge >= 0.3 is 0 Å².